The Bertz CT molecular complexity index is 888. The number of nitrogens with one attached hydrogen (secondary N) is 1. The molecular formula is C24H37N3O4. The smallest absolute Gasteiger partial charge is 0.407 e. The highest BCUT2D eigenvalue weighted by Gasteiger charge is 2.13. The van der Waals surface area contributed by atoms with Crippen LogP contribution >= 0.6 is 0 Å². The lowest BCUT2D eigenvalue weighted by atomic mass is 10.1. The van der Waals surface area contributed by atoms with Crippen molar-refractivity contribution in [3.63, 3.8) is 0 Å². The second-order valence-electron chi connectivity index (χ2n) is 7.73. The normalized spacial score (nSPS) is 12.2. The van der Waals surface area contributed by atoms with Gasteiger partial charge in [0.1, 0.15) is 12.2 Å². The van der Waals surface area contributed by atoms with Crippen molar-refractivity contribution in [2.45, 2.75) is 60.1 Å². The summed E-state index contributed by atoms with van der Waals surface area (Å²) in [5, 5.41) is 3.65. The number of fused-ring (bicyclic) bond motifs is 1. The van der Waals surface area contributed by atoms with Gasteiger partial charge in [-0.1, -0.05) is 13.8 Å². The lowest BCUT2D eigenvalue weighted by molar-refractivity contribution is 0.136. The van der Waals surface area contributed by atoms with Crippen LogP contribution in [0, 0.1) is 0 Å². The lowest BCUT2D eigenvalue weighted by Gasteiger charge is -2.21. The van der Waals surface area contributed by atoms with Gasteiger partial charge in [-0.2, -0.15) is 0 Å². The fourth-order valence-corrected chi connectivity index (χ4v) is 3.74. The topological polar surface area (TPSA) is 75.0 Å². The minimum Gasteiger partial charge on any atom is -0.445 e. The highest BCUT2D eigenvalue weighted by molar-refractivity contribution is 5.83. The molecule has 0 fully saturated rings. The third-order valence-corrected chi connectivity index (χ3v) is 5.67. The average Bonchev–Trinajstić information content (AvgIpc) is 2.75. The van der Waals surface area contributed by atoms with Crippen LogP contribution in [0.1, 0.15) is 53.0 Å². The summed E-state index contributed by atoms with van der Waals surface area (Å²) in [6.45, 7) is 15.3. The average molecular weight is 432 g/mol. The SMILES string of the molecule is CCN(CC)CCCC(C)NC(=O)OCc1cc(=O)oc2cc(N(CC)CC)ccc12. The van der Waals surface area contributed by atoms with Crippen LogP contribution in [0.25, 0.3) is 11.0 Å². The zero-order valence-corrected chi connectivity index (χ0v) is 19.6. The van der Waals surface area contributed by atoms with E-state index in [1.165, 1.54) is 6.07 Å². The minimum atomic E-state index is -0.475. The summed E-state index contributed by atoms with van der Waals surface area (Å²) < 4.78 is 10.8. The summed E-state index contributed by atoms with van der Waals surface area (Å²) in [4.78, 5) is 28.8. The number of ether oxygens (including phenoxy) is 1. The highest BCUT2D eigenvalue weighted by Crippen LogP contribution is 2.24. The van der Waals surface area contributed by atoms with Gasteiger partial charge in [0.25, 0.3) is 0 Å². The molecule has 31 heavy (non-hydrogen) atoms. The van der Waals surface area contributed by atoms with E-state index in [9.17, 15) is 9.59 Å². The molecule has 0 aliphatic carbocycles. The third kappa shape index (κ3) is 7.28. The Morgan fingerprint density at radius 3 is 2.45 bits per heavy atom. The van der Waals surface area contributed by atoms with E-state index in [-0.39, 0.29) is 12.6 Å². The molecule has 1 aromatic carbocycles. The van der Waals surface area contributed by atoms with Crippen molar-refractivity contribution in [2.75, 3.05) is 37.6 Å². The van der Waals surface area contributed by atoms with Gasteiger partial charge in [-0.3, -0.25) is 0 Å². The van der Waals surface area contributed by atoms with E-state index in [1.54, 1.807) is 0 Å². The summed E-state index contributed by atoms with van der Waals surface area (Å²) in [5.41, 5.74) is 1.69. The Kier molecular flexibility index (Phi) is 9.85. The van der Waals surface area contributed by atoms with Crippen LogP contribution in [0.4, 0.5) is 10.5 Å². The first-order chi connectivity index (χ1) is 14.9. The molecule has 1 N–H and O–H groups in total. The summed E-state index contributed by atoms with van der Waals surface area (Å²) in [6, 6.07) is 7.19. The maximum atomic E-state index is 12.2. The molecule has 7 heteroatoms. The van der Waals surface area contributed by atoms with Crippen LogP contribution in [-0.2, 0) is 11.3 Å². The molecule has 172 valence electrons. The maximum Gasteiger partial charge on any atom is 0.407 e. The Morgan fingerprint density at radius 1 is 1.10 bits per heavy atom. The second kappa shape index (κ2) is 12.3. The highest BCUT2D eigenvalue weighted by atomic mass is 16.5. The van der Waals surface area contributed by atoms with Crippen LogP contribution in [0.15, 0.2) is 33.5 Å². The van der Waals surface area contributed by atoms with E-state index in [0.29, 0.717) is 11.1 Å². The van der Waals surface area contributed by atoms with Crippen molar-refractivity contribution in [3.05, 3.63) is 40.2 Å². The molecule has 2 aromatic rings. The summed E-state index contributed by atoms with van der Waals surface area (Å²) in [6.07, 6.45) is 1.43. The predicted octanol–water partition coefficient (Wildman–Crippen LogP) is 4.38. The molecule has 0 saturated carbocycles. The molecule has 7 nitrogen and oxygen atoms in total. The number of benzene rings is 1. The van der Waals surface area contributed by atoms with Crippen LogP contribution in [-0.4, -0.2) is 49.8 Å². The number of carbonyl (C=O) groups is 1. The minimum absolute atomic E-state index is 0.0186. The van der Waals surface area contributed by atoms with Crippen LogP contribution < -0.4 is 15.8 Å². The van der Waals surface area contributed by atoms with Crippen molar-refractivity contribution in [1.29, 1.82) is 0 Å². The summed E-state index contributed by atoms with van der Waals surface area (Å²) in [5.74, 6) is 0. The van der Waals surface area contributed by atoms with Crippen molar-refractivity contribution in [3.8, 4) is 0 Å². The largest absolute Gasteiger partial charge is 0.445 e. The number of hydrogen-bond donors (Lipinski definition) is 1. The van der Waals surface area contributed by atoms with Gasteiger partial charge < -0.3 is 24.3 Å². The molecule has 0 radical (unpaired) electrons. The molecule has 1 atom stereocenters. The first kappa shape index (κ1) is 24.7. The number of alkyl carbamates (subject to hydrolysis) is 1. The van der Waals surface area contributed by atoms with Gasteiger partial charge in [-0.05, 0) is 65.4 Å². The van der Waals surface area contributed by atoms with Gasteiger partial charge in [0, 0.05) is 47.9 Å². The predicted molar refractivity (Wildman–Crippen MR) is 126 cm³/mol. The fraction of sp³-hybridized carbons (Fsp3) is 0.583. The molecule has 0 saturated heterocycles. The molecule has 2 rings (SSSR count). The van der Waals surface area contributed by atoms with Gasteiger partial charge >= 0.3 is 11.7 Å². The molecule has 0 aliphatic rings. The van der Waals surface area contributed by atoms with E-state index in [0.717, 1.165) is 56.6 Å². The zero-order valence-electron chi connectivity index (χ0n) is 19.6. The molecule has 0 aliphatic heterocycles. The molecule has 1 aromatic heterocycles. The van der Waals surface area contributed by atoms with E-state index in [2.05, 4.69) is 42.8 Å². The van der Waals surface area contributed by atoms with Crippen molar-refractivity contribution < 1.29 is 13.9 Å². The molecular weight excluding hydrogens is 394 g/mol. The van der Waals surface area contributed by atoms with E-state index in [4.69, 9.17) is 9.15 Å². The Labute approximate surface area is 185 Å². The van der Waals surface area contributed by atoms with Crippen molar-refractivity contribution >= 4 is 22.7 Å². The first-order valence-electron chi connectivity index (χ1n) is 11.4. The van der Waals surface area contributed by atoms with Gasteiger partial charge in [-0.25, -0.2) is 9.59 Å². The Hall–Kier alpha value is -2.54. The number of nitrogens with zero attached hydrogens (tertiary/aromatic N) is 2. The van der Waals surface area contributed by atoms with Gasteiger partial charge in [0.05, 0.1) is 0 Å². The van der Waals surface area contributed by atoms with Crippen LogP contribution in [0.5, 0.6) is 0 Å². The lowest BCUT2D eigenvalue weighted by Crippen LogP contribution is -2.34. The molecule has 1 unspecified atom stereocenters. The van der Waals surface area contributed by atoms with Gasteiger partial charge in [0.15, 0.2) is 0 Å². The number of hydrogen-bond acceptors (Lipinski definition) is 6. The molecule has 1 heterocycles. The van der Waals surface area contributed by atoms with E-state index in [1.807, 2.05) is 25.1 Å². The van der Waals surface area contributed by atoms with Crippen LogP contribution in [0.2, 0.25) is 0 Å². The van der Waals surface area contributed by atoms with E-state index < -0.39 is 11.7 Å². The molecule has 0 spiro atoms. The fourth-order valence-electron chi connectivity index (χ4n) is 3.74. The Balaban J connectivity index is 1.97. The molecule has 0 bridgehead atoms. The summed E-state index contributed by atoms with van der Waals surface area (Å²) in [7, 11) is 0. The van der Waals surface area contributed by atoms with E-state index >= 15 is 0 Å². The zero-order chi connectivity index (χ0) is 22.8. The number of carbonyl (C=O) groups excluding carboxylic acids is 1. The van der Waals surface area contributed by atoms with Crippen LogP contribution in [0.3, 0.4) is 0 Å². The second-order valence-corrected chi connectivity index (χ2v) is 7.73. The first-order valence-corrected chi connectivity index (χ1v) is 11.4. The standard InChI is InChI=1S/C24H37N3O4/c1-6-26(7-2)14-10-11-18(5)25-24(29)30-17-19-15-23(28)31-22-16-20(12-13-21(19)22)27(8-3)9-4/h12-13,15-16,18H,6-11,14,17H2,1-5H3,(H,25,29). The van der Waals surface area contributed by atoms with Gasteiger partial charge in [0.2, 0.25) is 0 Å². The third-order valence-electron chi connectivity index (χ3n) is 5.67. The van der Waals surface area contributed by atoms with Crippen molar-refractivity contribution in [1.82, 2.24) is 10.2 Å². The molecule has 1 amide bonds. The number of amides is 1. The monoisotopic (exact) mass is 431 g/mol. The summed E-state index contributed by atoms with van der Waals surface area (Å²) >= 11 is 0. The quantitative estimate of drug-likeness (QED) is 0.503. The number of anilines is 1. The van der Waals surface area contributed by atoms with Gasteiger partial charge in [-0.15, -0.1) is 0 Å². The number of rotatable bonds is 12. The van der Waals surface area contributed by atoms with Crippen molar-refractivity contribution in [2.24, 2.45) is 0 Å². The Morgan fingerprint density at radius 2 is 1.81 bits per heavy atom. The maximum absolute atomic E-state index is 12.2.